The average molecular weight is 384 g/mol. The minimum atomic E-state index is -0.136. The molecule has 0 aromatic heterocycles. The van der Waals surface area contributed by atoms with Gasteiger partial charge in [0, 0.05) is 0 Å². The summed E-state index contributed by atoms with van der Waals surface area (Å²) >= 11 is 0. The van der Waals surface area contributed by atoms with Crippen LogP contribution in [0.1, 0.15) is 11.1 Å². The topological polar surface area (TPSA) is 9.23 Å². The lowest BCUT2D eigenvalue weighted by atomic mass is 10.2. The predicted octanol–water partition coefficient (Wildman–Crippen LogP) is 7.19. The number of hydrogen-bond donors (Lipinski definition) is 0. The predicted molar refractivity (Wildman–Crippen MR) is 117 cm³/mol. The number of rotatable bonds is 5. The summed E-state index contributed by atoms with van der Waals surface area (Å²) in [6, 6.07) is 36.2. The molecule has 0 amide bonds. The lowest BCUT2D eigenvalue weighted by Gasteiger charge is -2.10. The lowest BCUT2D eigenvalue weighted by molar-refractivity contribution is 0.482. The van der Waals surface area contributed by atoms with Crippen molar-refractivity contribution in [2.75, 3.05) is 0 Å². The van der Waals surface area contributed by atoms with Gasteiger partial charge in [-0.3, -0.25) is 0 Å². The first-order valence-corrected chi connectivity index (χ1v) is 10.6. The van der Waals surface area contributed by atoms with Crippen LogP contribution >= 0.6 is 0 Å². The first-order chi connectivity index (χ1) is 13.7. The van der Waals surface area contributed by atoms with Crippen molar-refractivity contribution in [1.82, 2.24) is 0 Å². The molecular weight excluding hydrogens is 360 g/mol. The third-order valence-electron chi connectivity index (χ3n) is 4.55. The molecule has 1 nitrogen and oxygen atoms in total. The molecule has 0 fully saturated rings. The van der Waals surface area contributed by atoms with Gasteiger partial charge < -0.3 is 4.74 Å². The van der Waals surface area contributed by atoms with E-state index < -0.39 is 0 Å². The monoisotopic (exact) mass is 383 g/mol. The van der Waals surface area contributed by atoms with E-state index >= 15 is 0 Å². The van der Waals surface area contributed by atoms with Crippen molar-refractivity contribution in [3.63, 3.8) is 0 Å². The van der Waals surface area contributed by atoms with E-state index in [0.717, 1.165) is 11.5 Å². The van der Waals surface area contributed by atoms with Crippen molar-refractivity contribution in [3.05, 3.63) is 114 Å². The highest BCUT2D eigenvalue weighted by molar-refractivity contribution is 7.97. The zero-order valence-electron chi connectivity index (χ0n) is 16.1. The van der Waals surface area contributed by atoms with Gasteiger partial charge in [-0.1, -0.05) is 53.6 Å². The third kappa shape index (κ3) is 4.29. The lowest BCUT2D eigenvalue weighted by Crippen LogP contribution is -2.04. The molecular formula is C26H23OS+. The molecule has 2 heteroatoms. The van der Waals surface area contributed by atoms with Crippen LogP contribution in [-0.4, -0.2) is 0 Å². The average Bonchev–Trinajstić information content (AvgIpc) is 2.73. The molecule has 0 bridgehead atoms. The zero-order chi connectivity index (χ0) is 19.3. The van der Waals surface area contributed by atoms with E-state index in [9.17, 15) is 0 Å². The molecule has 4 aromatic rings. The summed E-state index contributed by atoms with van der Waals surface area (Å²) in [5.74, 6) is 1.71. The number of hydrogen-bond acceptors (Lipinski definition) is 1. The van der Waals surface area contributed by atoms with Crippen LogP contribution < -0.4 is 4.74 Å². The van der Waals surface area contributed by atoms with Gasteiger partial charge in [0.1, 0.15) is 11.5 Å². The van der Waals surface area contributed by atoms with Gasteiger partial charge in [-0.2, -0.15) is 0 Å². The molecule has 0 heterocycles. The Balaban J connectivity index is 1.65. The Hall–Kier alpha value is -2.97. The molecule has 0 saturated carbocycles. The number of ether oxygens (including phenoxy) is 1. The normalized spacial score (nSPS) is 11.8. The van der Waals surface area contributed by atoms with Gasteiger partial charge in [0.05, 0.1) is 10.9 Å². The van der Waals surface area contributed by atoms with Crippen LogP contribution in [0.3, 0.4) is 0 Å². The van der Waals surface area contributed by atoms with Crippen LogP contribution in [-0.2, 0) is 10.9 Å². The zero-order valence-corrected chi connectivity index (χ0v) is 16.9. The van der Waals surface area contributed by atoms with Crippen LogP contribution in [0.2, 0.25) is 0 Å². The standard InChI is InChI=1S/C26H23OS/c1-20-8-12-22(13-9-20)27-23-14-18-26(19-15-23)28(24-6-4-3-5-7-24)25-16-10-21(2)11-17-25/h3-19H,1-2H3/q+1. The fourth-order valence-electron chi connectivity index (χ4n) is 3.03. The van der Waals surface area contributed by atoms with Gasteiger partial charge in [-0.05, 0) is 74.5 Å². The van der Waals surface area contributed by atoms with Crippen molar-refractivity contribution in [1.29, 1.82) is 0 Å². The Morgan fingerprint density at radius 3 is 1.39 bits per heavy atom. The Morgan fingerprint density at radius 1 is 0.464 bits per heavy atom. The van der Waals surface area contributed by atoms with Crippen molar-refractivity contribution < 1.29 is 4.74 Å². The fraction of sp³-hybridized carbons (Fsp3) is 0.0769. The Labute approximate surface area is 170 Å². The van der Waals surface area contributed by atoms with Crippen molar-refractivity contribution in [2.24, 2.45) is 0 Å². The van der Waals surface area contributed by atoms with Gasteiger partial charge in [0.15, 0.2) is 14.7 Å². The summed E-state index contributed by atoms with van der Waals surface area (Å²) in [4.78, 5) is 3.92. The van der Waals surface area contributed by atoms with Gasteiger partial charge >= 0.3 is 0 Å². The Bertz CT molecular complexity index is 1020. The van der Waals surface area contributed by atoms with Crippen LogP contribution in [0.15, 0.2) is 118 Å². The molecule has 28 heavy (non-hydrogen) atoms. The summed E-state index contributed by atoms with van der Waals surface area (Å²) in [5.41, 5.74) is 2.51. The van der Waals surface area contributed by atoms with Crippen molar-refractivity contribution in [3.8, 4) is 11.5 Å². The molecule has 0 aliphatic carbocycles. The first-order valence-electron chi connectivity index (χ1n) is 9.40. The van der Waals surface area contributed by atoms with E-state index in [0.29, 0.717) is 0 Å². The molecule has 1 atom stereocenters. The molecule has 0 saturated heterocycles. The highest BCUT2D eigenvalue weighted by Gasteiger charge is 2.28. The van der Waals surface area contributed by atoms with Gasteiger partial charge in [-0.25, -0.2) is 0 Å². The highest BCUT2D eigenvalue weighted by Crippen LogP contribution is 2.33. The molecule has 0 radical (unpaired) electrons. The van der Waals surface area contributed by atoms with E-state index in [1.807, 2.05) is 12.1 Å². The molecule has 4 rings (SSSR count). The first kappa shape index (κ1) is 18.4. The van der Waals surface area contributed by atoms with E-state index in [2.05, 4.69) is 105 Å². The highest BCUT2D eigenvalue weighted by atomic mass is 32.2. The Kier molecular flexibility index (Phi) is 5.50. The minimum Gasteiger partial charge on any atom is -0.457 e. The number of aryl methyl sites for hydroxylation is 2. The van der Waals surface area contributed by atoms with Crippen LogP contribution in [0, 0.1) is 13.8 Å². The second kappa shape index (κ2) is 8.37. The summed E-state index contributed by atoms with van der Waals surface area (Å²) in [5, 5.41) is 0. The summed E-state index contributed by atoms with van der Waals surface area (Å²) in [6.07, 6.45) is 0. The molecule has 0 aliphatic rings. The SMILES string of the molecule is Cc1ccc(Oc2ccc([S+](c3ccccc3)c3ccc(C)cc3)cc2)cc1. The van der Waals surface area contributed by atoms with E-state index in [4.69, 9.17) is 4.74 Å². The summed E-state index contributed by atoms with van der Waals surface area (Å²) in [6.45, 7) is 4.20. The minimum absolute atomic E-state index is 0.136. The Morgan fingerprint density at radius 2 is 0.857 bits per heavy atom. The second-order valence-electron chi connectivity index (χ2n) is 6.82. The fourth-order valence-corrected chi connectivity index (χ4v) is 5.09. The maximum absolute atomic E-state index is 6.00. The summed E-state index contributed by atoms with van der Waals surface area (Å²) < 4.78 is 6.00. The molecule has 0 aliphatic heterocycles. The molecule has 0 spiro atoms. The van der Waals surface area contributed by atoms with E-state index in [1.54, 1.807) is 0 Å². The molecule has 4 aromatic carbocycles. The van der Waals surface area contributed by atoms with E-state index in [1.165, 1.54) is 25.8 Å². The number of benzene rings is 4. The smallest absolute Gasteiger partial charge is 0.166 e. The molecule has 1 unspecified atom stereocenters. The molecule has 0 N–H and O–H groups in total. The maximum atomic E-state index is 6.00. The van der Waals surface area contributed by atoms with Crippen LogP contribution in [0.4, 0.5) is 0 Å². The van der Waals surface area contributed by atoms with Gasteiger partial charge in [0.2, 0.25) is 0 Å². The van der Waals surface area contributed by atoms with Crippen LogP contribution in [0.25, 0.3) is 0 Å². The van der Waals surface area contributed by atoms with Crippen molar-refractivity contribution in [2.45, 2.75) is 28.5 Å². The third-order valence-corrected chi connectivity index (χ3v) is 6.78. The van der Waals surface area contributed by atoms with Crippen LogP contribution in [0.5, 0.6) is 11.5 Å². The molecule has 138 valence electrons. The van der Waals surface area contributed by atoms with Crippen molar-refractivity contribution >= 4 is 10.9 Å². The van der Waals surface area contributed by atoms with E-state index in [-0.39, 0.29) is 10.9 Å². The quantitative estimate of drug-likeness (QED) is 0.331. The second-order valence-corrected chi connectivity index (χ2v) is 8.85. The largest absolute Gasteiger partial charge is 0.457 e. The van der Waals surface area contributed by atoms with Gasteiger partial charge in [-0.15, -0.1) is 0 Å². The van der Waals surface area contributed by atoms with Gasteiger partial charge in [0.25, 0.3) is 0 Å². The summed E-state index contributed by atoms with van der Waals surface area (Å²) in [7, 11) is -0.136. The maximum Gasteiger partial charge on any atom is 0.166 e.